The van der Waals surface area contributed by atoms with Crippen molar-refractivity contribution < 1.29 is 4.52 Å². The van der Waals surface area contributed by atoms with E-state index in [0.29, 0.717) is 11.8 Å². The molecule has 2 atom stereocenters. The molecule has 0 bridgehead atoms. The van der Waals surface area contributed by atoms with E-state index < -0.39 is 0 Å². The van der Waals surface area contributed by atoms with Gasteiger partial charge >= 0.3 is 0 Å². The van der Waals surface area contributed by atoms with Crippen LogP contribution in [0, 0.1) is 5.92 Å². The van der Waals surface area contributed by atoms with Gasteiger partial charge in [0.05, 0.1) is 0 Å². The van der Waals surface area contributed by atoms with E-state index in [1.807, 2.05) is 36.4 Å². The van der Waals surface area contributed by atoms with Gasteiger partial charge in [0.25, 0.3) is 5.89 Å². The number of nitrogen functional groups attached to an aromatic ring is 1. The first kappa shape index (κ1) is 13.9. The van der Waals surface area contributed by atoms with E-state index in [0.717, 1.165) is 29.4 Å². The summed E-state index contributed by atoms with van der Waals surface area (Å²) in [6.45, 7) is 2.30. The Morgan fingerprint density at radius 3 is 3.00 bits per heavy atom. The zero-order valence-electron chi connectivity index (χ0n) is 12.3. The number of nitrogens with zero attached hydrogens (tertiary/aromatic N) is 2. The molecule has 1 saturated carbocycles. The van der Waals surface area contributed by atoms with E-state index in [1.165, 1.54) is 19.3 Å². The Hall–Kier alpha value is -2.10. The number of rotatable bonds is 3. The minimum absolute atomic E-state index is 0.451. The Bertz CT molecular complexity index is 632. The molecule has 1 aromatic heterocycles. The van der Waals surface area contributed by atoms with Crippen molar-refractivity contribution in [1.82, 2.24) is 10.1 Å². The quantitative estimate of drug-likeness (QED) is 0.861. The van der Waals surface area contributed by atoms with Crippen molar-refractivity contribution >= 4 is 17.8 Å². The zero-order valence-corrected chi connectivity index (χ0v) is 12.3. The molecule has 0 amide bonds. The summed E-state index contributed by atoms with van der Waals surface area (Å²) in [6.07, 6.45) is 8.69. The van der Waals surface area contributed by atoms with Gasteiger partial charge in [-0.1, -0.05) is 37.1 Å². The van der Waals surface area contributed by atoms with Crippen LogP contribution in [0.5, 0.6) is 0 Å². The largest absolute Gasteiger partial charge is 0.399 e. The van der Waals surface area contributed by atoms with Gasteiger partial charge in [0.15, 0.2) is 5.82 Å². The number of hydrogen-bond donors (Lipinski definition) is 1. The number of nitrogens with two attached hydrogens (primary N) is 1. The van der Waals surface area contributed by atoms with Crippen molar-refractivity contribution in [2.24, 2.45) is 5.92 Å². The summed E-state index contributed by atoms with van der Waals surface area (Å²) < 4.78 is 5.33. The molecular formula is C17H21N3O. The summed E-state index contributed by atoms with van der Waals surface area (Å²) in [6, 6.07) is 7.70. The number of anilines is 1. The highest BCUT2D eigenvalue weighted by Gasteiger charge is 2.24. The highest BCUT2D eigenvalue weighted by molar-refractivity contribution is 5.67. The van der Waals surface area contributed by atoms with Crippen LogP contribution in [-0.4, -0.2) is 10.1 Å². The van der Waals surface area contributed by atoms with Crippen LogP contribution in [-0.2, 0) is 0 Å². The Labute approximate surface area is 125 Å². The predicted molar refractivity (Wildman–Crippen MR) is 84.5 cm³/mol. The van der Waals surface area contributed by atoms with Gasteiger partial charge in [-0.05, 0) is 42.5 Å². The van der Waals surface area contributed by atoms with Crippen LogP contribution >= 0.6 is 0 Å². The van der Waals surface area contributed by atoms with Crippen LogP contribution in [0.15, 0.2) is 28.8 Å². The molecule has 3 rings (SSSR count). The molecule has 2 unspecified atom stereocenters. The minimum Gasteiger partial charge on any atom is -0.399 e. The average Bonchev–Trinajstić information content (AvgIpc) is 2.94. The summed E-state index contributed by atoms with van der Waals surface area (Å²) in [5.74, 6) is 2.62. The Morgan fingerprint density at radius 2 is 2.19 bits per heavy atom. The SMILES string of the molecule is CC1CCCC(c2noc(/C=C/c3cccc(N)c3)n2)C1. The number of aromatic nitrogens is 2. The van der Waals surface area contributed by atoms with Gasteiger partial charge in [0.2, 0.25) is 0 Å². The van der Waals surface area contributed by atoms with Gasteiger partial charge in [-0.3, -0.25) is 0 Å². The first-order chi connectivity index (χ1) is 10.2. The molecule has 1 aliphatic carbocycles. The molecule has 0 aliphatic heterocycles. The summed E-state index contributed by atoms with van der Waals surface area (Å²) in [5, 5.41) is 4.14. The van der Waals surface area contributed by atoms with E-state index in [9.17, 15) is 0 Å². The van der Waals surface area contributed by atoms with E-state index >= 15 is 0 Å². The highest BCUT2D eigenvalue weighted by Crippen LogP contribution is 2.34. The van der Waals surface area contributed by atoms with Crippen molar-refractivity contribution in [1.29, 1.82) is 0 Å². The second-order valence-corrected chi connectivity index (χ2v) is 5.96. The molecule has 1 heterocycles. The van der Waals surface area contributed by atoms with E-state index in [1.54, 1.807) is 0 Å². The van der Waals surface area contributed by atoms with Crippen LogP contribution in [0.1, 0.15) is 55.8 Å². The normalized spacial score (nSPS) is 22.7. The molecule has 21 heavy (non-hydrogen) atoms. The molecule has 4 heteroatoms. The minimum atomic E-state index is 0.451. The lowest BCUT2D eigenvalue weighted by atomic mass is 9.82. The van der Waals surface area contributed by atoms with Gasteiger partial charge in [-0.2, -0.15) is 4.98 Å². The standard InChI is InChI=1S/C17H21N3O/c1-12-4-2-6-14(10-12)17-19-16(21-20-17)9-8-13-5-3-7-15(18)11-13/h3,5,7-9,11-12,14H,2,4,6,10,18H2,1H3/b9-8+. The second-order valence-electron chi connectivity index (χ2n) is 5.96. The lowest BCUT2D eigenvalue weighted by Gasteiger charge is -2.23. The third-order valence-electron chi connectivity index (χ3n) is 4.09. The molecule has 110 valence electrons. The van der Waals surface area contributed by atoms with Crippen LogP contribution < -0.4 is 5.73 Å². The van der Waals surface area contributed by atoms with Crippen LogP contribution in [0.3, 0.4) is 0 Å². The fourth-order valence-corrected chi connectivity index (χ4v) is 2.98. The molecule has 1 aromatic carbocycles. The average molecular weight is 283 g/mol. The molecule has 1 aliphatic rings. The molecule has 4 nitrogen and oxygen atoms in total. The van der Waals surface area contributed by atoms with Crippen molar-refractivity contribution in [3.63, 3.8) is 0 Å². The highest BCUT2D eigenvalue weighted by atomic mass is 16.5. The summed E-state index contributed by atoms with van der Waals surface area (Å²) in [5.41, 5.74) is 7.54. The van der Waals surface area contributed by atoms with E-state index in [4.69, 9.17) is 10.3 Å². The van der Waals surface area contributed by atoms with Gasteiger partial charge in [0.1, 0.15) is 0 Å². The molecule has 2 aromatic rings. The first-order valence-corrected chi connectivity index (χ1v) is 7.58. The van der Waals surface area contributed by atoms with Crippen molar-refractivity contribution in [2.75, 3.05) is 5.73 Å². The molecule has 0 spiro atoms. The maximum atomic E-state index is 5.76. The van der Waals surface area contributed by atoms with Gasteiger partial charge in [-0.15, -0.1) is 0 Å². The topological polar surface area (TPSA) is 64.9 Å². The molecule has 2 N–H and O–H groups in total. The third-order valence-corrected chi connectivity index (χ3v) is 4.09. The fraction of sp³-hybridized carbons (Fsp3) is 0.412. The smallest absolute Gasteiger partial charge is 0.250 e. The monoisotopic (exact) mass is 283 g/mol. The molecule has 1 fully saturated rings. The van der Waals surface area contributed by atoms with Crippen LogP contribution in [0.25, 0.3) is 12.2 Å². The molecule has 0 saturated heterocycles. The van der Waals surface area contributed by atoms with Crippen LogP contribution in [0.2, 0.25) is 0 Å². The van der Waals surface area contributed by atoms with Gasteiger partial charge in [-0.25, -0.2) is 0 Å². The fourth-order valence-electron chi connectivity index (χ4n) is 2.98. The lowest BCUT2D eigenvalue weighted by molar-refractivity contribution is 0.323. The lowest BCUT2D eigenvalue weighted by Crippen LogP contribution is -2.12. The maximum absolute atomic E-state index is 5.76. The van der Waals surface area contributed by atoms with E-state index in [-0.39, 0.29) is 0 Å². The molecular weight excluding hydrogens is 262 g/mol. The third kappa shape index (κ3) is 3.51. The maximum Gasteiger partial charge on any atom is 0.250 e. The van der Waals surface area contributed by atoms with Crippen LogP contribution in [0.4, 0.5) is 5.69 Å². The van der Waals surface area contributed by atoms with Crippen molar-refractivity contribution in [3.8, 4) is 0 Å². The summed E-state index contributed by atoms with van der Waals surface area (Å²) in [7, 11) is 0. The molecule has 0 radical (unpaired) electrons. The van der Waals surface area contributed by atoms with Crippen molar-refractivity contribution in [3.05, 3.63) is 41.5 Å². The first-order valence-electron chi connectivity index (χ1n) is 7.58. The summed E-state index contributed by atoms with van der Waals surface area (Å²) >= 11 is 0. The van der Waals surface area contributed by atoms with Gasteiger partial charge < -0.3 is 10.3 Å². The zero-order chi connectivity index (χ0) is 14.7. The number of hydrogen-bond acceptors (Lipinski definition) is 4. The Balaban J connectivity index is 1.70. The van der Waals surface area contributed by atoms with Crippen molar-refractivity contribution in [2.45, 2.75) is 38.5 Å². The summed E-state index contributed by atoms with van der Waals surface area (Å²) in [4.78, 5) is 4.51. The number of benzene rings is 1. The predicted octanol–water partition coefficient (Wildman–Crippen LogP) is 4.12. The Morgan fingerprint density at radius 1 is 1.29 bits per heavy atom. The van der Waals surface area contributed by atoms with Gasteiger partial charge in [0, 0.05) is 17.7 Å². The van der Waals surface area contributed by atoms with E-state index in [2.05, 4.69) is 17.1 Å². The second kappa shape index (κ2) is 6.12. The Kier molecular flexibility index (Phi) is 4.04.